The van der Waals surface area contributed by atoms with Gasteiger partial charge in [0.2, 0.25) is 0 Å². The van der Waals surface area contributed by atoms with Crippen molar-refractivity contribution in [1.82, 2.24) is 4.57 Å². The molecule has 0 spiro atoms. The first-order valence-electron chi connectivity index (χ1n) is 12.0. The van der Waals surface area contributed by atoms with Gasteiger partial charge in [-0.3, -0.25) is 0 Å². The molecule has 5 rings (SSSR count). The van der Waals surface area contributed by atoms with Gasteiger partial charge in [-0.05, 0) is 53.9 Å². The largest absolute Gasteiger partial charge is 0.342 e. The van der Waals surface area contributed by atoms with E-state index >= 15 is 0 Å². The molecule has 5 heteroatoms. The fourth-order valence-corrected chi connectivity index (χ4v) is 6.33. The summed E-state index contributed by atoms with van der Waals surface area (Å²) in [5, 5.41) is 21.4. The molecule has 0 N–H and O–H groups in total. The Morgan fingerprint density at radius 1 is 1.09 bits per heavy atom. The molecule has 2 aromatic carbocycles. The van der Waals surface area contributed by atoms with Gasteiger partial charge in [-0.1, -0.05) is 57.2 Å². The number of nitrogens with zero attached hydrogens (tertiary/aromatic N) is 4. The van der Waals surface area contributed by atoms with Gasteiger partial charge >= 0.3 is 0 Å². The van der Waals surface area contributed by atoms with E-state index in [9.17, 15) is 10.5 Å². The number of nitriles is 2. The molecule has 0 aliphatic heterocycles. The van der Waals surface area contributed by atoms with E-state index in [2.05, 4.69) is 55.8 Å². The molecule has 1 atom stereocenters. The molecular formula is C30H28N4S. The lowest BCUT2D eigenvalue weighted by Gasteiger charge is -2.33. The van der Waals surface area contributed by atoms with Crippen LogP contribution in [0.1, 0.15) is 59.9 Å². The maximum absolute atomic E-state index is 9.93. The summed E-state index contributed by atoms with van der Waals surface area (Å²) < 4.78 is 2.17. The third-order valence-electron chi connectivity index (χ3n) is 7.20. The fourth-order valence-electron chi connectivity index (χ4n) is 5.10. The van der Waals surface area contributed by atoms with E-state index < -0.39 is 0 Å². The van der Waals surface area contributed by atoms with E-state index in [-0.39, 0.29) is 5.41 Å². The number of rotatable bonds is 4. The predicted molar refractivity (Wildman–Crippen MR) is 143 cm³/mol. The van der Waals surface area contributed by atoms with Crippen LogP contribution in [0.2, 0.25) is 0 Å². The molecule has 1 aliphatic carbocycles. The second kappa shape index (κ2) is 9.17. The molecule has 0 fully saturated rings. The van der Waals surface area contributed by atoms with Gasteiger partial charge < -0.3 is 4.57 Å². The monoisotopic (exact) mass is 476 g/mol. The zero-order valence-electron chi connectivity index (χ0n) is 20.4. The Kier molecular flexibility index (Phi) is 6.05. The maximum Gasteiger partial charge on any atom is 0.134 e. The summed E-state index contributed by atoms with van der Waals surface area (Å²) in [7, 11) is 0. The van der Waals surface area contributed by atoms with Crippen LogP contribution in [0.5, 0.6) is 0 Å². The minimum Gasteiger partial charge on any atom is -0.342 e. The van der Waals surface area contributed by atoms with E-state index in [0.717, 1.165) is 51.9 Å². The van der Waals surface area contributed by atoms with E-state index in [1.54, 1.807) is 11.3 Å². The van der Waals surface area contributed by atoms with Crippen LogP contribution in [0.25, 0.3) is 10.9 Å². The Balaban J connectivity index is 1.50. The predicted octanol–water partition coefficient (Wildman–Crippen LogP) is 7.40. The molecular weight excluding hydrogens is 448 g/mol. The van der Waals surface area contributed by atoms with Crippen molar-refractivity contribution >= 4 is 33.5 Å². The number of para-hydroxylation sites is 1. The molecule has 1 aliphatic rings. The summed E-state index contributed by atoms with van der Waals surface area (Å²) in [5.41, 5.74) is 6.02. The van der Waals surface area contributed by atoms with Crippen LogP contribution in [-0.2, 0) is 19.4 Å². The number of fused-ring (bicyclic) bond motifs is 2. The van der Waals surface area contributed by atoms with Crippen LogP contribution < -0.4 is 0 Å². The van der Waals surface area contributed by atoms with Crippen LogP contribution >= 0.6 is 11.3 Å². The Hall–Kier alpha value is -3.67. The third kappa shape index (κ3) is 4.41. The summed E-state index contributed by atoms with van der Waals surface area (Å²) in [6.07, 6.45) is 7.11. The van der Waals surface area contributed by atoms with Gasteiger partial charge in [0.15, 0.2) is 0 Å². The van der Waals surface area contributed by atoms with Crippen molar-refractivity contribution in [3.05, 3.63) is 87.4 Å². The topological polar surface area (TPSA) is 64.9 Å². The summed E-state index contributed by atoms with van der Waals surface area (Å²) in [4.78, 5) is 6.18. The van der Waals surface area contributed by atoms with E-state index in [0.29, 0.717) is 18.0 Å². The molecule has 0 amide bonds. The van der Waals surface area contributed by atoms with Crippen molar-refractivity contribution in [2.24, 2.45) is 16.3 Å². The highest BCUT2D eigenvalue weighted by Gasteiger charge is 2.32. The quantitative estimate of drug-likeness (QED) is 0.288. The normalized spacial score (nSPS) is 15.7. The molecule has 4 aromatic rings. The number of hydrogen-bond acceptors (Lipinski definition) is 4. The van der Waals surface area contributed by atoms with Crippen molar-refractivity contribution < 1.29 is 0 Å². The maximum atomic E-state index is 9.93. The van der Waals surface area contributed by atoms with Gasteiger partial charge in [-0.2, -0.15) is 10.5 Å². The first-order chi connectivity index (χ1) is 16.9. The molecule has 0 saturated heterocycles. The summed E-state index contributed by atoms with van der Waals surface area (Å²) in [5.74, 6) is 0.631. The minimum absolute atomic E-state index is 0.268. The second-order valence-corrected chi connectivity index (χ2v) is 11.4. The third-order valence-corrected chi connectivity index (χ3v) is 8.36. The average Bonchev–Trinajstić information content (AvgIpc) is 3.39. The van der Waals surface area contributed by atoms with E-state index in [1.165, 1.54) is 10.4 Å². The SMILES string of the molecule is CC(C)(C)[C@H]1CCc2c(sc(N=Cc3cn(Cc4ccccc4C#N)c4ccccc34)c2C#N)C1. The van der Waals surface area contributed by atoms with Gasteiger partial charge in [-0.25, -0.2) is 4.99 Å². The van der Waals surface area contributed by atoms with Gasteiger partial charge in [0.05, 0.1) is 17.2 Å². The lowest BCUT2D eigenvalue weighted by Crippen LogP contribution is -2.26. The standard InChI is InChI=1S/C30H28N4S/c1-30(2,3)23-12-13-25-26(16-32)29(35-28(25)14-23)33-17-22-19-34(27-11-7-6-10-24(22)27)18-21-9-5-4-8-20(21)15-31/h4-11,17,19,23H,12-14,18H2,1-3H3/t23-/m0/s1. The highest BCUT2D eigenvalue weighted by atomic mass is 32.1. The molecule has 0 saturated carbocycles. The van der Waals surface area contributed by atoms with Crippen LogP contribution in [0.4, 0.5) is 5.00 Å². The highest BCUT2D eigenvalue weighted by molar-refractivity contribution is 7.16. The molecule has 0 unspecified atom stereocenters. The van der Waals surface area contributed by atoms with Gasteiger partial charge in [0.1, 0.15) is 11.1 Å². The van der Waals surface area contributed by atoms with Crippen LogP contribution in [0.3, 0.4) is 0 Å². The van der Waals surface area contributed by atoms with Crippen LogP contribution in [-0.4, -0.2) is 10.8 Å². The number of aromatic nitrogens is 1. The average molecular weight is 477 g/mol. The van der Waals surface area contributed by atoms with E-state index in [4.69, 9.17) is 4.99 Å². The van der Waals surface area contributed by atoms with Crippen molar-refractivity contribution in [3.63, 3.8) is 0 Å². The Morgan fingerprint density at radius 2 is 1.86 bits per heavy atom. The Morgan fingerprint density at radius 3 is 2.63 bits per heavy atom. The number of aliphatic imine (C=N–C) groups is 1. The first-order valence-corrected chi connectivity index (χ1v) is 12.8. The minimum atomic E-state index is 0.268. The number of thiophene rings is 1. The second-order valence-electron chi connectivity index (χ2n) is 10.4. The first kappa shape index (κ1) is 23.1. The van der Waals surface area contributed by atoms with Crippen molar-refractivity contribution in [3.8, 4) is 12.1 Å². The molecule has 174 valence electrons. The smallest absolute Gasteiger partial charge is 0.134 e. The Bertz CT molecular complexity index is 1510. The molecule has 0 radical (unpaired) electrons. The molecule has 0 bridgehead atoms. The van der Waals surface area contributed by atoms with Gasteiger partial charge in [0, 0.05) is 40.3 Å². The highest BCUT2D eigenvalue weighted by Crippen LogP contribution is 2.45. The summed E-state index contributed by atoms with van der Waals surface area (Å²) in [6, 6.07) is 20.7. The molecule has 2 aromatic heterocycles. The number of benzene rings is 2. The zero-order valence-corrected chi connectivity index (χ0v) is 21.2. The van der Waals surface area contributed by atoms with Crippen LogP contribution in [0.15, 0.2) is 59.7 Å². The molecule has 4 nitrogen and oxygen atoms in total. The molecule has 35 heavy (non-hydrogen) atoms. The Labute approximate surface area is 210 Å². The van der Waals surface area contributed by atoms with Crippen molar-refractivity contribution in [2.45, 2.75) is 46.6 Å². The number of hydrogen-bond donors (Lipinski definition) is 0. The molecule has 2 heterocycles. The van der Waals surface area contributed by atoms with Crippen molar-refractivity contribution in [2.75, 3.05) is 0 Å². The van der Waals surface area contributed by atoms with Crippen molar-refractivity contribution in [1.29, 1.82) is 10.5 Å². The summed E-state index contributed by atoms with van der Waals surface area (Å²) >= 11 is 1.68. The lowest BCUT2D eigenvalue weighted by molar-refractivity contribution is 0.218. The fraction of sp³-hybridized carbons (Fsp3) is 0.300. The lowest BCUT2D eigenvalue weighted by atomic mass is 9.72. The van der Waals surface area contributed by atoms with Crippen LogP contribution in [0, 0.1) is 34.0 Å². The zero-order chi connectivity index (χ0) is 24.6. The van der Waals surface area contributed by atoms with Gasteiger partial charge in [-0.15, -0.1) is 11.3 Å². The van der Waals surface area contributed by atoms with E-state index in [1.807, 2.05) is 42.6 Å². The summed E-state index contributed by atoms with van der Waals surface area (Å²) in [6.45, 7) is 7.55. The van der Waals surface area contributed by atoms with Gasteiger partial charge in [0.25, 0.3) is 0 Å².